The third-order valence-corrected chi connectivity index (χ3v) is 5.10. The van der Waals surface area contributed by atoms with Crippen LogP contribution in [-0.4, -0.2) is 24.3 Å². The monoisotopic (exact) mass is 337 g/mol. The van der Waals surface area contributed by atoms with Crippen molar-refractivity contribution in [3.63, 3.8) is 0 Å². The molecule has 2 rings (SSSR count). The fraction of sp³-hybridized carbons (Fsp3) is 0.588. The second kappa shape index (κ2) is 6.40. The maximum atomic E-state index is 12.5. The van der Waals surface area contributed by atoms with Crippen LogP contribution in [0.2, 0.25) is 0 Å². The van der Waals surface area contributed by atoms with Crippen molar-refractivity contribution in [2.24, 2.45) is 11.3 Å². The lowest BCUT2D eigenvalue weighted by molar-refractivity contribution is -0.134. The summed E-state index contributed by atoms with van der Waals surface area (Å²) >= 11 is 3.59. The first kappa shape index (κ1) is 15.7. The van der Waals surface area contributed by atoms with Gasteiger partial charge in [-0.15, -0.1) is 0 Å². The van der Waals surface area contributed by atoms with E-state index in [0.717, 1.165) is 30.4 Å². The van der Waals surface area contributed by atoms with Gasteiger partial charge in [0.25, 0.3) is 0 Å². The van der Waals surface area contributed by atoms with E-state index in [4.69, 9.17) is 0 Å². The highest BCUT2D eigenvalue weighted by molar-refractivity contribution is 9.10. The molecule has 1 unspecified atom stereocenters. The molecule has 0 spiro atoms. The van der Waals surface area contributed by atoms with Crippen LogP contribution in [0.25, 0.3) is 0 Å². The zero-order chi connectivity index (χ0) is 14.8. The normalized spacial score (nSPS) is 22.2. The van der Waals surface area contributed by atoms with Crippen LogP contribution in [0.1, 0.15) is 38.7 Å². The molecular weight excluding hydrogens is 314 g/mol. The third kappa shape index (κ3) is 3.70. The predicted octanol–water partition coefficient (Wildman–Crippen LogP) is 4.28. The Hall–Kier alpha value is -0.670. The van der Waals surface area contributed by atoms with E-state index in [-0.39, 0.29) is 11.3 Å². The SMILES string of the molecule is CN(Cc1ccccc1Br)CC1CCCC(C)(C)C1=O. The van der Waals surface area contributed by atoms with Gasteiger partial charge >= 0.3 is 0 Å². The lowest BCUT2D eigenvalue weighted by Gasteiger charge is -2.35. The quantitative estimate of drug-likeness (QED) is 0.817. The number of Topliss-reactive ketones (excluding diaryl/α,β-unsaturated/α-hetero) is 1. The molecule has 0 bridgehead atoms. The van der Waals surface area contributed by atoms with E-state index in [1.807, 2.05) is 6.07 Å². The van der Waals surface area contributed by atoms with Crippen molar-refractivity contribution in [2.75, 3.05) is 13.6 Å². The van der Waals surface area contributed by atoms with Gasteiger partial charge in [0.2, 0.25) is 0 Å². The molecule has 110 valence electrons. The van der Waals surface area contributed by atoms with Crippen LogP contribution >= 0.6 is 15.9 Å². The lowest BCUT2D eigenvalue weighted by Crippen LogP contribution is -2.40. The van der Waals surface area contributed by atoms with E-state index >= 15 is 0 Å². The van der Waals surface area contributed by atoms with Crippen molar-refractivity contribution < 1.29 is 4.79 Å². The van der Waals surface area contributed by atoms with Crippen LogP contribution in [-0.2, 0) is 11.3 Å². The number of nitrogens with zero attached hydrogens (tertiary/aromatic N) is 1. The van der Waals surface area contributed by atoms with Gasteiger partial charge in [-0.05, 0) is 31.5 Å². The van der Waals surface area contributed by atoms with Gasteiger partial charge in [0.15, 0.2) is 0 Å². The standard InChI is InChI=1S/C17H24BrNO/c1-17(2)10-6-8-14(16(17)20)12-19(3)11-13-7-4-5-9-15(13)18/h4-5,7,9,14H,6,8,10-12H2,1-3H3. The first-order valence-corrected chi connectivity index (χ1v) is 8.16. The lowest BCUT2D eigenvalue weighted by atomic mass is 9.71. The Morgan fingerprint density at radius 3 is 2.75 bits per heavy atom. The molecule has 0 heterocycles. The Kier molecular flexibility index (Phi) is 5.03. The molecule has 0 aliphatic heterocycles. The molecule has 0 saturated heterocycles. The second-order valence-electron chi connectivity index (χ2n) is 6.63. The van der Waals surface area contributed by atoms with Crippen molar-refractivity contribution >= 4 is 21.7 Å². The maximum absolute atomic E-state index is 12.5. The molecule has 1 aliphatic carbocycles. The highest BCUT2D eigenvalue weighted by Crippen LogP contribution is 2.35. The van der Waals surface area contributed by atoms with Crippen molar-refractivity contribution in [3.05, 3.63) is 34.3 Å². The van der Waals surface area contributed by atoms with Crippen molar-refractivity contribution in [3.8, 4) is 0 Å². The maximum Gasteiger partial charge on any atom is 0.142 e. The molecule has 20 heavy (non-hydrogen) atoms. The number of hydrogen-bond acceptors (Lipinski definition) is 2. The fourth-order valence-electron chi connectivity index (χ4n) is 3.13. The predicted molar refractivity (Wildman–Crippen MR) is 86.6 cm³/mol. The number of rotatable bonds is 4. The summed E-state index contributed by atoms with van der Waals surface area (Å²) in [6.07, 6.45) is 3.26. The van der Waals surface area contributed by atoms with Gasteiger partial charge in [-0.2, -0.15) is 0 Å². The molecule has 0 aromatic heterocycles. The molecule has 1 atom stereocenters. The summed E-state index contributed by atoms with van der Waals surface area (Å²) in [6.45, 7) is 5.93. The molecule has 1 fully saturated rings. The summed E-state index contributed by atoms with van der Waals surface area (Å²) in [5, 5.41) is 0. The Balaban J connectivity index is 1.96. The number of carbonyl (C=O) groups excluding carboxylic acids is 1. The molecule has 0 N–H and O–H groups in total. The summed E-state index contributed by atoms with van der Waals surface area (Å²) < 4.78 is 1.14. The Morgan fingerprint density at radius 2 is 2.05 bits per heavy atom. The van der Waals surface area contributed by atoms with Crippen LogP contribution < -0.4 is 0 Å². The molecule has 0 amide bonds. The minimum Gasteiger partial charge on any atom is -0.301 e. The molecule has 0 radical (unpaired) electrons. The zero-order valence-electron chi connectivity index (χ0n) is 12.7. The van der Waals surface area contributed by atoms with Gasteiger partial charge in [-0.3, -0.25) is 4.79 Å². The van der Waals surface area contributed by atoms with Gasteiger partial charge in [-0.1, -0.05) is 54.4 Å². The van der Waals surface area contributed by atoms with Crippen molar-refractivity contribution in [2.45, 2.75) is 39.7 Å². The minimum atomic E-state index is -0.128. The Morgan fingerprint density at radius 1 is 1.35 bits per heavy atom. The average Bonchev–Trinajstić information content (AvgIpc) is 2.38. The average molecular weight is 338 g/mol. The van der Waals surface area contributed by atoms with Crippen LogP contribution in [0.3, 0.4) is 0 Å². The van der Waals surface area contributed by atoms with Gasteiger partial charge in [-0.25, -0.2) is 0 Å². The zero-order valence-corrected chi connectivity index (χ0v) is 14.2. The Labute approximate surface area is 130 Å². The molecule has 1 aliphatic rings. The molecule has 2 nitrogen and oxygen atoms in total. The smallest absolute Gasteiger partial charge is 0.142 e. The summed E-state index contributed by atoms with van der Waals surface area (Å²) in [5.41, 5.74) is 1.15. The first-order valence-electron chi connectivity index (χ1n) is 7.36. The van der Waals surface area contributed by atoms with Gasteiger partial charge in [0.05, 0.1) is 0 Å². The molecular formula is C17H24BrNO. The summed E-state index contributed by atoms with van der Waals surface area (Å²) in [7, 11) is 2.11. The Bertz CT molecular complexity index is 484. The number of ketones is 1. The molecule has 1 aromatic carbocycles. The number of carbonyl (C=O) groups is 1. The third-order valence-electron chi connectivity index (χ3n) is 4.32. The molecule has 1 saturated carbocycles. The van der Waals surface area contributed by atoms with E-state index in [9.17, 15) is 4.79 Å². The van der Waals surface area contributed by atoms with Crippen molar-refractivity contribution in [1.82, 2.24) is 4.90 Å². The highest BCUT2D eigenvalue weighted by atomic mass is 79.9. The van der Waals surface area contributed by atoms with Gasteiger partial charge in [0, 0.05) is 28.9 Å². The largest absolute Gasteiger partial charge is 0.301 e. The van der Waals surface area contributed by atoms with Crippen LogP contribution in [0, 0.1) is 11.3 Å². The van der Waals surface area contributed by atoms with E-state index < -0.39 is 0 Å². The summed E-state index contributed by atoms with van der Waals surface area (Å²) in [6, 6.07) is 8.29. The van der Waals surface area contributed by atoms with Crippen LogP contribution in [0.15, 0.2) is 28.7 Å². The van der Waals surface area contributed by atoms with Gasteiger partial charge in [0.1, 0.15) is 5.78 Å². The van der Waals surface area contributed by atoms with E-state index in [1.165, 1.54) is 12.0 Å². The van der Waals surface area contributed by atoms with E-state index in [1.54, 1.807) is 0 Å². The summed E-state index contributed by atoms with van der Waals surface area (Å²) in [5.74, 6) is 0.647. The number of hydrogen-bond donors (Lipinski definition) is 0. The van der Waals surface area contributed by atoms with Crippen molar-refractivity contribution in [1.29, 1.82) is 0 Å². The van der Waals surface area contributed by atoms with E-state index in [2.05, 4.69) is 59.9 Å². The number of halogens is 1. The minimum absolute atomic E-state index is 0.128. The second-order valence-corrected chi connectivity index (χ2v) is 7.48. The molecule has 1 aromatic rings. The summed E-state index contributed by atoms with van der Waals surface area (Å²) in [4.78, 5) is 14.7. The highest BCUT2D eigenvalue weighted by Gasteiger charge is 2.37. The topological polar surface area (TPSA) is 20.3 Å². The first-order chi connectivity index (χ1) is 9.40. The van der Waals surface area contributed by atoms with Crippen LogP contribution in [0.4, 0.5) is 0 Å². The van der Waals surface area contributed by atoms with Crippen LogP contribution in [0.5, 0.6) is 0 Å². The number of benzene rings is 1. The molecule has 3 heteroatoms. The fourth-order valence-corrected chi connectivity index (χ4v) is 3.54. The van der Waals surface area contributed by atoms with E-state index in [0.29, 0.717) is 5.78 Å². The van der Waals surface area contributed by atoms with Gasteiger partial charge < -0.3 is 4.90 Å².